The Morgan fingerprint density at radius 1 is 1.09 bits per heavy atom. The van der Waals surface area contributed by atoms with Crippen LogP contribution in [-0.4, -0.2) is 13.1 Å². The molecule has 2 heteroatoms. The Morgan fingerprint density at radius 2 is 1.95 bits per heavy atom. The maximum absolute atomic E-state index is 6.59. The number of nitrogens with one attached hydrogen (secondary N) is 1. The van der Waals surface area contributed by atoms with E-state index in [4.69, 9.17) is 4.74 Å². The molecular weight excluding hydrogens is 270 g/mol. The van der Waals surface area contributed by atoms with E-state index in [1.165, 1.54) is 23.1 Å². The Morgan fingerprint density at radius 3 is 2.77 bits per heavy atom. The molecule has 4 rings (SSSR count). The summed E-state index contributed by atoms with van der Waals surface area (Å²) in [6.07, 6.45) is 14.5. The van der Waals surface area contributed by atoms with Crippen LogP contribution in [0.3, 0.4) is 0 Å². The molecule has 0 saturated carbocycles. The highest BCUT2D eigenvalue weighted by atomic mass is 16.5. The van der Waals surface area contributed by atoms with Crippen molar-refractivity contribution < 1.29 is 4.74 Å². The van der Waals surface area contributed by atoms with Gasteiger partial charge in [0.1, 0.15) is 11.4 Å². The summed E-state index contributed by atoms with van der Waals surface area (Å²) < 4.78 is 6.59. The first-order valence-electron chi connectivity index (χ1n) is 8.41. The van der Waals surface area contributed by atoms with Gasteiger partial charge in [-0.1, -0.05) is 42.5 Å². The number of benzene rings is 1. The number of hydrogen-bond acceptors (Lipinski definition) is 2. The van der Waals surface area contributed by atoms with Crippen LogP contribution in [0.25, 0.3) is 6.08 Å². The molecule has 1 spiro atoms. The molecule has 1 saturated heterocycles. The average Bonchev–Trinajstić information content (AvgIpc) is 2.57. The highest BCUT2D eigenvalue weighted by Gasteiger charge is 2.40. The maximum atomic E-state index is 6.59. The van der Waals surface area contributed by atoms with Crippen LogP contribution in [-0.2, 0) is 10.3 Å². The van der Waals surface area contributed by atoms with E-state index in [-0.39, 0.29) is 5.60 Å². The topological polar surface area (TPSA) is 21.3 Å². The van der Waals surface area contributed by atoms with Crippen molar-refractivity contribution in [3.63, 3.8) is 0 Å². The van der Waals surface area contributed by atoms with Crippen LogP contribution in [0.2, 0.25) is 0 Å². The average molecular weight is 293 g/mol. The third kappa shape index (κ3) is 2.52. The molecule has 114 valence electrons. The highest BCUT2D eigenvalue weighted by Crippen LogP contribution is 2.43. The minimum atomic E-state index is -0.120. The molecule has 2 heterocycles. The molecule has 1 fully saturated rings. The standard InChI is InChI=1S/C20H23NO/c1-2-6-16(7-3-1)14-18-15-17-8-4-5-9-19(17)20(22-18)10-12-21-13-11-20/h2,4-9,15,21H,1,3,10-14H2. The quantitative estimate of drug-likeness (QED) is 0.877. The van der Waals surface area contributed by atoms with Gasteiger partial charge in [-0.3, -0.25) is 0 Å². The van der Waals surface area contributed by atoms with Crippen LogP contribution in [0.4, 0.5) is 0 Å². The van der Waals surface area contributed by atoms with Gasteiger partial charge in [-0.05, 0) is 43.1 Å². The molecule has 2 nitrogen and oxygen atoms in total. The second kappa shape index (κ2) is 5.77. The molecule has 1 aliphatic carbocycles. The minimum Gasteiger partial charge on any atom is -0.486 e. The van der Waals surface area contributed by atoms with Gasteiger partial charge in [0, 0.05) is 24.8 Å². The van der Waals surface area contributed by atoms with Crippen molar-refractivity contribution >= 4 is 6.08 Å². The van der Waals surface area contributed by atoms with Gasteiger partial charge < -0.3 is 10.1 Å². The Balaban J connectivity index is 1.68. The molecule has 1 aromatic carbocycles. The molecule has 3 aliphatic rings. The Bertz CT molecular complexity index is 647. The molecule has 0 aromatic heterocycles. The highest BCUT2D eigenvalue weighted by molar-refractivity contribution is 5.60. The largest absolute Gasteiger partial charge is 0.486 e. The van der Waals surface area contributed by atoms with Gasteiger partial charge in [-0.2, -0.15) is 0 Å². The summed E-state index contributed by atoms with van der Waals surface area (Å²) in [5.74, 6) is 1.12. The second-order valence-corrected chi connectivity index (χ2v) is 6.48. The fourth-order valence-electron chi connectivity index (χ4n) is 3.84. The van der Waals surface area contributed by atoms with E-state index in [0.717, 1.165) is 44.5 Å². The SMILES string of the molecule is C1=CC(CC2=Cc3ccccc3C3(CCNCC3)O2)=CCC1. The lowest BCUT2D eigenvalue weighted by molar-refractivity contribution is -0.0323. The van der Waals surface area contributed by atoms with Crippen molar-refractivity contribution in [2.24, 2.45) is 0 Å². The van der Waals surface area contributed by atoms with Crippen molar-refractivity contribution in [1.82, 2.24) is 5.32 Å². The predicted octanol–water partition coefficient (Wildman–Crippen LogP) is 4.30. The Labute approximate surface area is 132 Å². The molecule has 2 aliphatic heterocycles. The van der Waals surface area contributed by atoms with E-state index in [1.807, 2.05) is 0 Å². The van der Waals surface area contributed by atoms with Crippen LogP contribution in [0, 0.1) is 0 Å². The zero-order valence-corrected chi connectivity index (χ0v) is 13.0. The van der Waals surface area contributed by atoms with Crippen LogP contribution < -0.4 is 5.32 Å². The number of allylic oxidation sites excluding steroid dienone is 4. The zero-order valence-electron chi connectivity index (χ0n) is 13.0. The van der Waals surface area contributed by atoms with Crippen LogP contribution in [0.15, 0.2) is 53.8 Å². The molecule has 0 atom stereocenters. The first kappa shape index (κ1) is 13.8. The molecular formula is C20H23NO. The van der Waals surface area contributed by atoms with Gasteiger partial charge in [-0.15, -0.1) is 0 Å². The van der Waals surface area contributed by atoms with E-state index < -0.39 is 0 Å². The van der Waals surface area contributed by atoms with Gasteiger partial charge in [0.05, 0.1) is 0 Å². The third-order valence-corrected chi connectivity index (χ3v) is 4.96. The summed E-state index contributed by atoms with van der Waals surface area (Å²) >= 11 is 0. The van der Waals surface area contributed by atoms with Gasteiger partial charge in [-0.25, -0.2) is 0 Å². The molecule has 22 heavy (non-hydrogen) atoms. The van der Waals surface area contributed by atoms with E-state index in [2.05, 4.69) is 53.9 Å². The fourth-order valence-corrected chi connectivity index (χ4v) is 3.84. The number of rotatable bonds is 2. The minimum absolute atomic E-state index is 0.120. The summed E-state index contributed by atoms with van der Waals surface area (Å²) in [6, 6.07) is 8.74. The summed E-state index contributed by atoms with van der Waals surface area (Å²) in [5.41, 5.74) is 3.98. The zero-order chi connectivity index (χ0) is 14.8. The lowest BCUT2D eigenvalue weighted by Crippen LogP contribution is -2.43. The summed E-state index contributed by atoms with van der Waals surface area (Å²) in [4.78, 5) is 0. The van der Waals surface area contributed by atoms with E-state index in [1.54, 1.807) is 0 Å². The molecule has 0 amide bonds. The molecule has 0 bridgehead atoms. The van der Waals surface area contributed by atoms with Crippen molar-refractivity contribution in [3.05, 3.63) is 65.0 Å². The van der Waals surface area contributed by atoms with Gasteiger partial charge >= 0.3 is 0 Å². The van der Waals surface area contributed by atoms with Crippen LogP contribution in [0.1, 0.15) is 43.2 Å². The van der Waals surface area contributed by atoms with Crippen molar-refractivity contribution in [2.45, 2.75) is 37.7 Å². The molecule has 0 unspecified atom stereocenters. The summed E-state index contributed by atoms with van der Waals surface area (Å²) in [7, 11) is 0. The number of hydrogen-bond donors (Lipinski definition) is 1. The second-order valence-electron chi connectivity index (χ2n) is 6.48. The van der Waals surface area contributed by atoms with Crippen LogP contribution >= 0.6 is 0 Å². The third-order valence-electron chi connectivity index (χ3n) is 4.96. The molecule has 1 aromatic rings. The molecule has 1 N–H and O–H groups in total. The van der Waals surface area contributed by atoms with Gasteiger partial charge in [0.15, 0.2) is 0 Å². The fraction of sp³-hybridized carbons (Fsp3) is 0.400. The summed E-state index contributed by atoms with van der Waals surface area (Å²) in [5, 5.41) is 3.46. The van der Waals surface area contributed by atoms with E-state index in [0.29, 0.717) is 0 Å². The van der Waals surface area contributed by atoms with Crippen LogP contribution in [0.5, 0.6) is 0 Å². The monoisotopic (exact) mass is 293 g/mol. The van der Waals surface area contributed by atoms with Crippen molar-refractivity contribution in [3.8, 4) is 0 Å². The number of fused-ring (bicyclic) bond motifs is 2. The lowest BCUT2D eigenvalue weighted by Gasteiger charge is -2.42. The summed E-state index contributed by atoms with van der Waals surface area (Å²) in [6.45, 7) is 2.06. The van der Waals surface area contributed by atoms with E-state index in [9.17, 15) is 0 Å². The normalized spacial score (nSPS) is 22.5. The maximum Gasteiger partial charge on any atom is 0.136 e. The first-order valence-corrected chi connectivity index (χ1v) is 8.41. The van der Waals surface area contributed by atoms with Crippen molar-refractivity contribution in [2.75, 3.05) is 13.1 Å². The number of piperidine rings is 1. The van der Waals surface area contributed by atoms with Crippen molar-refractivity contribution in [1.29, 1.82) is 0 Å². The van der Waals surface area contributed by atoms with E-state index >= 15 is 0 Å². The van der Waals surface area contributed by atoms with Gasteiger partial charge in [0.2, 0.25) is 0 Å². The Kier molecular flexibility index (Phi) is 3.63. The Hall–Kier alpha value is -1.80. The first-order chi connectivity index (χ1) is 10.9. The smallest absolute Gasteiger partial charge is 0.136 e. The molecule has 0 radical (unpaired) electrons. The number of ether oxygens (including phenoxy) is 1. The predicted molar refractivity (Wildman–Crippen MR) is 90.4 cm³/mol. The lowest BCUT2D eigenvalue weighted by atomic mass is 9.80. The van der Waals surface area contributed by atoms with Gasteiger partial charge in [0.25, 0.3) is 0 Å².